The van der Waals surface area contributed by atoms with Crippen molar-refractivity contribution >= 4 is 11.3 Å². The molecule has 128 valence electrons. The molecule has 0 N–H and O–H groups in total. The molecule has 1 aliphatic carbocycles. The van der Waals surface area contributed by atoms with Gasteiger partial charge in [-0.05, 0) is 51.6 Å². The van der Waals surface area contributed by atoms with E-state index in [1.54, 1.807) is 11.3 Å². The number of likely N-dealkylation sites (tertiary alicyclic amines) is 1. The van der Waals surface area contributed by atoms with E-state index < -0.39 is 0 Å². The molecule has 0 atom stereocenters. The van der Waals surface area contributed by atoms with Gasteiger partial charge in [0.1, 0.15) is 0 Å². The van der Waals surface area contributed by atoms with Gasteiger partial charge in [0.25, 0.3) is 0 Å². The number of ether oxygens (including phenoxy) is 1. The number of nitrogens with zero attached hydrogens (tertiary/aromatic N) is 3. The Bertz CT molecular complexity index is 520. The summed E-state index contributed by atoms with van der Waals surface area (Å²) in [5, 5.41) is 3.40. The molecule has 3 heterocycles. The van der Waals surface area contributed by atoms with Crippen LogP contribution in [0.5, 0.6) is 0 Å². The Morgan fingerprint density at radius 2 is 2.13 bits per heavy atom. The van der Waals surface area contributed by atoms with E-state index in [0.717, 1.165) is 32.2 Å². The van der Waals surface area contributed by atoms with Gasteiger partial charge in [0, 0.05) is 30.6 Å². The van der Waals surface area contributed by atoms with Gasteiger partial charge < -0.3 is 9.64 Å². The van der Waals surface area contributed by atoms with E-state index in [4.69, 9.17) is 4.74 Å². The maximum atomic E-state index is 5.91. The van der Waals surface area contributed by atoms with Crippen molar-refractivity contribution in [2.75, 3.05) is 39.4 Å². The molecular weight excluding hydrogens is 306 g/mol. The van der Waals surface area contributed by atoms with E-state index in [-0.39, 0.29) is 5.54 Å². The van der Waals surface area contributed by atoms with Crippen LogP contribution in [-0.2, 0) is 11.3 Å². The number of thiazole rings is 1. The molecule has 2 saturated heterocycles. The third-order valence-corrected chi connectivity index (χ3v) is 6.92. The molecule has 0 unspecified atom stereocenters. The van der Waals surface area contributed by atoms with Crippen molar-refractivity contribution in [1.29, 1.82) is 0 Å². The summed E-state index contributed by atoms with van der Waals surface area (Å²) in [6.07, 6.45) is 6.88. The second-order valence-corrected chi connectivity index (χ2v) is 8.72. The lowest BCUT2D eigenvalue weighted by molar-refractivity contribution is -0.101. The van der Waals surface area contributed by atoms with Crippen LogP contribution >= 0.6 is 11.3 Å². The SMILES string of the molecule is Cc1nc(CN2CCOCC23CCN(CC2CCC2)CC3)cs1. The van der Waals surface area contributed by atoms with Crippen LogP contribution in [0.25, 0.3) is 0 Å². The van der Waals surface area contributed by atoms with Gasteiger partial charge in [-0.1, -0.05) is 6.42 Å². The van der Waals surface area contributed by atoms with Crippen molar-refractivity contribution in [2.45, 2.75) is 51.1 Å². The topological polar surface area (TPSA) is 28.6 Å². The zero-order chi connectivity index (χ0) is 15.7. The van der Waals surface area contributed by atoms with Crippen LogP contribution in [0, 0.1) is 12.8 Å². The van der Waals surface area contributed by atoms with Gasteiger partial charge in [-0.25, -0.2) is 4.98 Å². The molecule has 4 nitrogen and oxygen atoms in total. The zero-order valence-electron chi connectivity index (χ0n) is 14.3. The molecule has 0 bridgehead atoms. The highest BCUT2D eigenvalue weighted by Gasteiger charge is 2.42. The maximum Gasteiger partial charge on any atom is 0.0897 e. The number of hydrogen-bond donors (Lipinski definition) is 0. The van der Waals surface area contributed by atoms with Crippen molar-refractivity contribution < 1.29 is 4.74 Å². The number of morpholine rings is 1. The van der Waals surface area contributed by atoms with Crippen LogP contribution in [0.15, 0.2) is 5.38 Å². The summed E-state index contributed by atoms with van der Waals surface area (Å²) in [5.74, 6) is 0.987. The highest BCUT2D eigenvalue weighted by atomic mass is 32.1. The molecule has 1 aromatic heterocycles. The second-order valence-electron chi connectivity index (χ2n) is 7.65. The predicted molar refractivity (Wildman–Crippen MR) is 93.8 cm³/mol. The smallest absolute Gasteiger partial charge is 0.0897 e. The van der Waals surface area contributed by atoms with Crippen LogP contribution < -0.4 is 0 Å². The Labute approximate surface area is 143 Å². The van der Waals surface area contributed by atoms with Crippen molar-refractivity contribution in [3.05, 3.63) is 16.1 Å². The predicted octanol–water partition coefficient (Wildman–Crippen LogP) is 2.92. The van der Waals surface area contributed by atoms with Gasteiger partial charge in [-0.2, -0.15) is 0 Å². The van der Waals surface area contributed by atoms with Crippen LogP contribution in [0.4, 0.5) is 0 Å². The quantitative estimate of drug-likeness (QED) is 0.846. The summed E-state index contributed by atoms with van der Waals surface area (Å²) in [4.78, 5) is 10.1. The Kier molecular flexibility index (Phi) is 4.72. The number of aryl methyl sites for hydroxylation is 1. The molecule has 4 rings (SSSR count). The van der Waals surface area contributed by atoms with E-state index in [0.29, 0.717) is 0 Å². The molecule has 2 aliphatic heterocycles. The van der Waals surface area contributed by atoms with Gasteiger partial charge in [-0.15, -0.1) is 11.3 Å². The van der Waals surface area contributed by atoms with Gasteiger partial charge >= 0.3 is 0 Å². The molecule has 0 amide bonds. The normalized spacial score (nSPS) is 26.5. The highest BCUT2D eigenvalue weighted by Crippen LogP contribution is 2.35. The first-order valence-corrected chi connectivity index (χ1v) is 10.1. The van der Waals surface area contributed by atoms with Crippen molar-refractivity contribution in [3.8, 4) is 0 Å². The van der Waals surface area contributed by atoms with Crippen molar-refractivity contribution in [3.63, 3.8) is 0 Å². The lowest BCUT2D eigenvalue weighted by Crippen LogP contribution is -2.61. The van der Waals surface area contributed by atoms with Gasteiger partial charge in [0.2, 0.25) is 0 Å². The number of piperidine rings is 1. The molecule has 3 aliphatic rings. The van der Waals surface area contributed by atoms with E-state index in [9.17, 15) is 0 Å². The minimum absolute atomic E-state index is 0.256. The Morgan fingerprint density at radius 3 is 2.78 bits per heavy atom. The van der Waals surface area contributed by atoms with Crippen molar-refractivity contribution in [1.82, 2.24) is 14.8 Å². The molecule has 1 spiro atoms. The Morgan fingerprint density at radius 1 is 1.30 bits per heavy atom. The number of rotatable bonds is 4. The summed E-state index contributed by atoms with van der Waals surface area (Å²) in [6.45, 7) is 9.75. The molecule has 0 aromatic carbocycles. The monoisotopic (exact) mass is 335 g/mol. The molecule has 1 saturated carbocycles. The van der Waals surface area contributed by atoms with Crippen LogP contribution in [0.1, 0.15) is 42.8 Å². The summed E-state index contributed by atoms with van der Waals surface area (Å²) in [5.41, 5.74) is 1.50. The summed E-state index contributed by atoms with van der Waals surface area (Å²) >= 11 is 1.77. The first kappa shape index (κ1) is 16.0. The Hall–Kier alpha value is -0.490. The lowest BCUT2D eigenvalue weighted by Gasteiger charge is -2.51. The van der Waals surface area contributed by atoms with Gasteiger partial charge in [0.05, 0.1) is 23.9 Å². The van der Waals surface area contributed by atoms with Crippen LogP contribution in [0.3, 0.4) is 0 Å². The standard InChI is InChI=1S/C18H29N3OS/c1-15-19-17(13-23-15)12-21-9-10-22-14-18(21)5-7-20(8-6-18)11-16-3-2-4-16/h13,16H,2-12,14H2,1H3. The summed E-state index contributed by atoms with van der Waals surface area (Å²) in [6, 6.07) is 0. The lowest BCUT2D eigenvalue weighted by atomic mass is 9.82. The summed E-state index contributed by atoms with van der Waals surface area (Å²) in [7, 11) is 0. The first-order valence-electron chi connectivity index (χ1n) is 9.20. The fraction of sp³-hybridized carbons (Fsp3) is 0.833. The highest BCUT2D eigenvalue weighted by molar-refractivity contribution is 7.09. The van der Waals surface area contributed by atoms with Gasteiger partial charge in [-0.3, -0.25) is 4.90 Å². The van der Waals surface area contributed by atoms with E-state index >= 15 is 0 Å². The van der Waals surface area contributed by atoms with Crippen LogP contribution in [0.2, 0.25) is 0 Å². The molecular formula is C18H29N3OS. The number of aromatic nitrogens is 1. The Balaban J connectivity index is 1.38. The first-order chi connectivity index (χ1) is 11.2. The van der Waals surface area contributed by atoms with Crippen molar-refractivity contribution in [2.24, 2.45) is 5.92 Å². The minimum atomic E-state index is 0.256. The maximum absolute atomic E-state index is 5.91. The molecule has 5 heteroatoms. The third-order valence-electron chi connectivity index (χ3n) is 6.09. The third kappa shape index (κ3) is 3.48. The molecule has 3 fully saturated rings. The minimum Gasteiger partial charge on any atom is -0.378 e. The fourth-order valence-electron chi connectivity index (χ4n) is 4.34. The van der Waals surface area contributed by atoms with E-state index in [2.05, 4.69) is 27.1 Å². The fourth-order valence-corrected chi connectivity index (χ4v) is 4.95. The second kappa shape index (κ2) is 6.79. The average molecular weight is 336 g/mol. The molecule has 1 aromatic rings. The number of hydrogen-bond acceptors (Lipinski definition) is 5. The zero-order valence-corrected chi connectivity index (χ0v) is 15.1. The van der Waals surface area contributed by atoms with E-state index in [1.165, 1.54) is 62.4 Å². The molecule has 23 heavy (non-hydrogen) atoms. The summed E-state index contributed by atoms with van der Waals surface area (Å²) < 4.78 is 5.91. The van der Waals surface area contributed by atoms with Gasteiger partial charge in [0.15, 0.2) is 0 Å². The molecule has 0 radical (unpaired) electrons. The average Bonchev–Trinajstić information content (AvgIpc) is 2.93. The largest absolute Gasteiger partial charge is 0.378 e. The van der Waals surface area contributed by atoms with E-state index in [1.807, 2.05) is 0 Å². The van der Waals surface area contributed by atoms with Crippen LogP contribution in [-0.4, -0.2) is 59.7 Å².